The number of likely N-dealkylation sites (tertiary alicyclic amines) is 1. The third-order valence-corrected chi connectivity index (χ3v) is 6.56. The van der Waals surface area contributed by atoms with Crippen molar-refractivity contribution in [1.29, 1.82) is 5.26 Å². The van der Waals surface area contributed by atoms with Crippen LogP contribution in [0.15, 0.2) is 18.2 Å². The number of nitrogens with zero attached hydrogens (tertiary/aromatic N) is 2. The van der Waals surface area contributed by atoms with Gasteiger partial charge in [0.25, 0.3) is 0 Å². The lowest BCUT2D eigenvalue weighted by molar-refractivity contribution is -0.150. The summed E-state index contributed by atoms with van der Waals surface area (Å²) >= 11 is 0. The molecule has 0 spiro atoms. The van der Waals surface area contributed by atoms with Gasteiger partial charge in [0.05, 0.1) is 31.3 Å². The third kappa shape index (κ3) is 4.73. The van der Waals surface area contributed by atoms with Crippen LogP contribution >= 0.6 is 0 Å². The Morgan fingerprint density at radius 3 is 2.50 bits per heavy atom. The van der Waals surface area contributed by atoms with Gasteiger partial charge in [0.15, 0.2) is 11.5 Å². The SMILES string of the molecule is CCOC(=O)C(CC)N1CCC(C#N)(c2ccc(OC)c(OC3CCCC3)c2)CC1. The lowest BCUT2D eigenvalue weighted by Crippen LogP contribution is -2.49. The summed E-state index contributed by atoms with van der Waals surface area (Å²) in [6, 6.07) is 8.25. The maximum atomic E-state index is 12.3. The summed E-state index contributed by atoms with van der Waals surface area (Å²) < 4.78 is 17.0. The van der Waals surface area contributed by atoms with Gasteiger partial charge in [-0.05, 0) is 69.6 Å². The number of piperidine rings is 1. The van der Waals surface area contributed by atoms with Crippen molar-refractivity contribution in [3.05, 3.63) is 23.8 Å². The number of carbonyl (C=O) groups excluding carboxylic acids is 1. The van der Waals surface area contributed by atoms with E-state index in [1.165, 1.54) is 12.8 Å². The van der Waals surface area contributed by atoms with Crippen molar-refractivity contribution in [3.63, 3.8) is 0 Å². The monoisotopic (exact) mass is 414 g/mol. The molecule has 1 aliphatic carbocycles. The molecule has 6 nitrogen and oxygen atoms in total. The van der Waals surface area contributed by atoms with E-state index in [2.05, 4.69) is 11.0 Å². The first-order valence-corrected chi connectivity index (χ1v) is 11.2. The summed E-state index contributed by atoms with van der Waals surface area (Å²) in [6.07, 6.45) is 6.82. The molecule has 30 heavy (non-hydrogen) atoms. The van der Waals surface area contributed by atoms with Gasteiger partial charge >= 0.3 is 5.97 Å². The van der Waals surface area contributed by atoms with Crippen molar-refractivity contribution in [1.82, 2.24) is 4.90 Å². The molecule has 3 rings (SSSR count). The predicted molar refractivity (Wildman–Crippen MR) is 115 cm³/mol. The van der Waals surface area contributed by atoms with Gasteiger partial charge in [-0.1, -0.05) is 13.0 Å². The fraction of sp³-hybridized carbons (Fsp3) is 0.667. The lowest BCUT2D eigenvalue weighted by Gasteiger charge is -2.40. The highest BCUT2D eigenvalue weighted by molar-refractivity contribution is 5.75. The van der Waals surface area contributed by atoms with E-state index in [4.69, 9.17) is 14.2 Å². The van der Waals surface area contributed by atoms with Crippen LogP contribution in [0.5, 0.6) is 11.5 Å². The number of ether oxygens (including phenoxy) is 3. The summed E-state index contributed by atoms with van der Waals surface area (Å²) in [5.74, 6) is 1.28. The molecule has 0 radical (unpaired) electrons. The molecule has 1 aliphatic heterocycles. The van der Waals surface area contributed by atoms with Crippen molar-refractivity contribution in [2.45, 2.75) is 76.4 Å². The van der Waals surface area contributed by atoms with Gasteiger partial charge < -0.3 is 14.2 Å². The minimum atomic E-state index is -0.580. The molecule has 1 unspecified atom stereocenters. The second-order valence-electron chi connectivity index (χ2n) is 8.30. The van der Waals surface area contributed by atoms with Crippen LogP contribution in [0.4, 0.5) is 0 Å². The number of methoxy groups -OCH3 is 1. The summed E-state index contributed by atoms with van der Waals surface area (Å²) in [6.45, 7) is 5.60. The van der Waals surface area contributed by atoms with Gasteiger partial charge in [0, 0.05) is 13.1 Å². The van der Waals surface area contributed by atoms with Crippen LogP contribution in [-0.4, -0.2) is 49.8 Å². The maximum Gasteiger partial charge on any atom is 0.323 e. The van der Waals surface area contributed by atoms with E-state index in [0.717, 1.165) is 24.2 Å². The van der Waals surface area contributed by atoms with Crippen molar-refractivity contribution < 1.29 is 19.0 Å². The Kier molecular flexibility index (Phi) is 7.60. The quantitative estimate of drug-likeness (QED) is 0.593. The largest absolute Gasteiger partial charge is 0.493 e. The van der Waals surface area contributed by atoms with Crippen LogP contribution < -0.4 is 9.47 Å². The summed E-state index contributed by atoms with van der Waals surface area (Å²) in [5, 5.41) is 10.1. The Bertz CT molecular complexity index is 759. The molecule has 0 bridgehead atoms. The van der Waals surface area contributed by atoms with Crippen molar-refractivity contribution >= 4 is 5.97 Å². The first-order chi connectivity index (χ1) is 14.6. The van der Waals surface area contributed by atoms with E-state index in [0.29, 0.717) is 44.7 Å². The number of esters is 1. The van der Waals surface area contributed by atoms with Crippen LogP contribution in [0.1, 0.15) is 64.4 Å². The lowest BCUT2D eigenvalue weighted by atomic mass is 9.73. The number of hydrogen-bond acceptors (Lipinski definition) is 6. The fourth-order valence-corrected chi connectivity index (χ4v) is 4.75. The third-order valence-electron chi connectivity index (χ3n) is 6.56. The zero-order valence-corrected chi connectivity index (χ0v) is 18.5. The number of hydrogen-bond donors (Lipinski definition) is 0. The normalized spacial score (nSPS) is 20.3. The molecule has 1 saturated heterocycles. The van der Waals surface area contributed by atoms with E-state index < -0.39 is 5.41 Å². The van der Waals surface area contributed by atoms with E-state index in [1.54, 1.807) is 7.11 Å². The molecular formula is C24H34N2O4. The summed E-state index contributed by atoms with van der Waals surface area (Å²) in [7, 11) is 1.65. The van der Waals surface area contributed by atoms with Gasteiger partial charge in [-0.3, -0.25) is 9.69 Å². The number of benzene rings is 1. The van der Waals surface area contributed by atoms with Crippen LogP contribution in [0.25, 0.3) is 0 Å². The van der Waals surface area contributed by atoms with Crippen LogP contribution in [0.3, 0.4) is 0 Å². The molecule has 0 amide bonds. The molecule has 2 aliphatic rings. The zero-order chi connectivity index (χ0) is 21.6. The van der Waals surface area contributed by atoms with Gasteiger partial charge in [0.2, 0.25) is 0 Å². The van der Waals surface area contributed by atoms with E-state index in [9.17, 15) is 10.1 Å². The number of rotatable bonds is 8. The Hall–Kier alpha value is -2.26. The molecule has 1 atom stereocenters. The highest BCUT2D eigenvalue weighted by atomic mass is 16.5. The topological polar surface area (TPSA) is 71.8 Å². The molecule has 1 heterocycles. The highest BCUT2D eigenvalue weighted by Crippen LogP contribution is 2.41. The van der Waals surface area contributed by atoms with Gasteiger partial charge in [-0.15, -0.1) is 0 Å². The van der Waals surface area contributed by atoms with E-state index >= 15 is 0 Å². The maximum absolute atomic E-state index is 12.3. The average molecular weight is 415 g/mol. The van der Waals surface area contributed by atoms with Crippen LogP contribution in [0.2, 0.25) is 0 Å². The number of carbonyl (C=O) groups is 1. The van der Waals surface area contributed by atoms with Crippen molar-refractivity contribution in [2.75, 3.05) is 26.8 Å². The first kappa shape index (κ1) is 22.4. The Labute approximate surface area is 180 Å². The van der Waals surface area contributed by atoms with E-state index in [-0.39, 0.29) is 18.1 Å². The van der Waals surface area contributed by atoms with Gasteiger partial charge in [-0.25, -0.2) is 0 Å². The fourth-order valence-electron chi connectivity index (χ4n) is 4.75. The summed E-state index contributed by atoms with van der Waals surface area (Å²) in [5.41, 5.74) is 0.395. The second kappa shape index (κ2) is 10.2. The molecule has 0 N–H and O–H groups in total. The molecule has 0 aromatic heterocycles. The van der Waals surface area contributed by atoms with Crippen LogP contribution in [-0.2, 0) is 14.9 Å². The Morgan fingerprint density at radius 2 is 1.93 bits per heavy atom. The van der Waals surface area contributed by atoms with Gasteiger partial charge in [-0.2, -0.15) is 5.26 Å². The zero-order valence-electron chi connectivity index (χ0n) is 18.5. The smallest absolute Gasteiger partial charge is 0.323 e. The molecule has 1 saturated carbocycles. The second-order valence-corrected chi connectivity index (χ2v) is 8.30. The van der Waals surface area contributed by atoms with Crippen molar-refractivity contribution in [2.24, 2.45) is 0 Å². The minimum absolute atomic E-state index is 0.166. The molecular weight excluding hydrogens is 380 g/mol. The predicted octanol–water partition coefficient (Wildman–Crippen LogP) is 4.22. The molecule has 1 aromatic rings. The number of nitriles is 1. The van der Waals surface area contributed by atoms with E-state index in [1.807, 2.05) is 32.0 Å². The Morgan fingerprint density at radius 1 is 1.23 bits per heavy atom. The Balaban J connectivity index is 1.77. The highest BCUT2D eigenvalue weighted by Gasteiger charge is 2.40. The summed E-state index contributed by atoms with van der Waals surface area (Å²) in [4.78, 5) is 14.5. The molecule has 164 valence electrons. The standard InChI is InChI=1S/C24H34N2O4/c1-4-20(23(27)29-5-2)26-14-12-24(17-25,13-15-26)18-10-11-21(28-3)22(16-18)30-19-8-6-7-9-19/h10-11,16,19-20H,4-9,12-15H2,1-3H3. The minimum Gasteiger partial charge on any atom is -0.493 e. The molecule has 2 fully saturated rings. The van der Waals surface area contributed by atoms with Crippen molar-refractivity contribution in [3.8, 4) is 17.6 Å². The molecule has 1 aromatic carbocycles. The molecule has 6 heteroatoms. The average Bonchev–Trinajstić information content (AvgIpc) is 3.28. The van der Waals surface area contributed by atoms with Gasteiger partial charge in [0.1, 0.15) is 6.04 Å². The van der Waals surface area contributed by atoms with Crippen LogP contribution in [0, 0.1) is 11.3 Å². The first-order valence-electron chi connectivity index (χ1n) is 11.2.